The van der Waals surface area contributed by atoms with E-state index in [1.165, 1.54) is 20.1 Å². The third-order valence-electron chi connectivity index (χ3n) is 2.39. The Morgan fingerprint density at radius 2 is 2.06 bits per heavy atom. The molecule has 5 nitrogen and oxygen atoms in total. The molecule has 1 rings (SSSR count). The quantitative estimate of drug-likeness (QED) is 0.650. The monoisotopic (exact) mass is 255 g/mol. The maximum Gasteiger partial charge on any atom is 0.338 e. The molecule has 0 aliphatic carbocycles. The van der Waals surface area contributed by atoms with Gasteiger partial charge in [0, 0.05) is 11.3 Å². The van der Waals surface area contributed by atoms with E-state index in [9.17, 15) is 14.0 Å². The Balaban J connectivity index is 2.65. The first-order chi connectivity index (χ1) is 8.45. The van der Waals surface area contributed by atoms with Crippen molar-refractivity contribution in [2.24, 2.45) is 0 Å². The first-order valence-corrected chi connectivity index (χ1v) is 5.25. The average Bonchev–Trinajstić information content (AvgIpc) is 2.34. The van der Waals surface area contributed by atoms with Gasteiger partial charge in [-0.25, -0.2) is 9.18 Å². The zero-order valence-corrected chi connectivity index (χ0v) is 10.2. The summed E-state index contributed by atoms with van der Waals surface area (Å²) in [6.45, 7) is 1.39. The van der Waals surface area contributed by atoms with Crippen LogP contribution in [0.1, 0.15) is 22.3 Å². The number of halogens is 1. The molecule has 0 aliphatic rings. The zero-order valence-electron chi connectivity index (χ0n) is 10.2. The Bertz CT molecular complexity index is 450. The first kappa shape index (κ1) is 14.0. The molecule has 1 aromatic rings. The number of hydrogen-bond donors (Lipinski definition) is 1. The number of rotatable bonds is 4. The number of carbonyl (C=O) groups excluding carboxylic acids is 2. The summed E-state index contributed by atoms with van der Waals surface area (Å²) in [7, 11) is 1.24. The fourth-order valence-corrected chi connectivity index (χ4v) is 1.23. The Morgan fingerprint density at radius 3 is 2.61 bits per heavy atom. The highest BCUT2D eigenvalue weighted by Gasteiger charge is 2.13. The van der Waals surface area contributed by atoms with E-state index in [0.717, 1.165) is 6.07 Å². The van der Waals surface area contributed by atoms with E-state index in [4.69, 9.17) is 10.5 Å². The molecule has 6 heteroatoms. The number of esters is 2. The lowest BCUT2D eigenvalue weighted by molar-refractivity contribution is -0.141. The summed E-state index contributed by atoms with van der Waals surface area (Å²) in [4.78, 5) is 22.3. The first-order valence-electron chi connectivity index (χ1n) is 5.25. The smallest absolute Gasteiger partial charge is 0.338 e. The van der Waals surface area contributed by atoms with Crippen LogP contribution < -0.4 is 5.73 Å². The Hall–Kier alpha value is -2.11. The van der Waals surface area contributed by atoms with Crippen molar-refractivity contribution in [3.8, 4) is 0 Å². The van der Waals surface area contributed by atoms with E-state index in [2.05, 4.69) is 4.74 Å². The van der Waals surface area contributed by atoms with Crippen LogP contribution in [-0.2, 0) is 14.3 Å². The second-order valence-electron chi connectivity index (χ2n) is 3.63. The fourth-order valence-electron chi connectivity index (χ4n) is 1.23. The number of carbonyl (C=O) groups is 2. The van der Waals surface area contributed by atoms with Gasteiger partial charge in [-0.1, -0.05) is 0 Å². The molecule has 18 heavy (non-hydrogen) atoms. The highest BCUT2D eigenvalue weighted by Crippen LogP contribution is 2.18. The molecule has 2 N–H and O–H groups in total. The number of hydrogen-bond acceptors (Lipinski definition) is 5. The van der Waals surface area contributed by atoms with E-state index >= 15 is 0 Å². The highest BCUT2D eigenvalue weighted by molar-refractivity contribution is 5.90. The van der Waals surface area contributed by atoms with Gasteiger partial charge in [-0.2, -0.15) is 0 Å². The van der Waals surface area contributed by atoms with Gasteiger partial charge >= 0.3 is 11.9 Å². The van der Waals surface area contributed by atoms with Crippen LogP contribution in [0.5, 0.6) is 0 Å². The molecule has 0 aliphatic heterocycles. The molecule has 0 heterocycles. The molecule has 0 aromatic heterocycles. The van der Waals surface area contributed by atoms with Crippen LogP contribution in [-0.4, -0.2) is 25.7 Å². The van der Waals surface area contributed by atoms with Crippen LogP contribution in [0, 0.1) is 12.7 Å². The van der Waals surface area contributed by atoms with Crippen molar-refractivity contribution >= 4 is 17.6 Å². The van der Waals surface area contributed by atoms with Crippen LogP contribution in [0.4, 0.5) is 10.1 Å². The molecule has 0 radical (unpaired) electrons. The van der Waals surface area contributed by atoms with Crippen LogP contribution in [0.15, 0.2) is 12.1 Å². The van der Waals surface area contributed by atoms with E-state index in [1.807, 2.05) is 0 Å². The standard InChI is InChI=1S/C12H14FNO4/c1-7-9(13)5-8(6-10(7)14)12(16)18-4-3-11(15)17-2/h5-6H,3-4,14H2,1-2H3. The number of benzene rings is 1. The lowest BCUT2D eigenvalue weighted by Crippen LogP contribution is -2.11. The van der Waals surface area contributed by atoms with Crippen molar-refractivity contribution in [1.29, 1.82) is 0 Å². The summed E-state index contributed by atoms with van der Waals surface area (Å²) in [6, 6.07) is 2.38. The molecule has 0 saturated carbocycles. The summed E-state index contributed by atoms with van der Waals surface area (Å²) in [5.74, 6) is -1.79. The normalized spacial score (nSPS) is 9.94. The van der Waals surface area contributed by atoms with Crippen molar-refractivity contribution in [2.75, 3.05) is 19.5 Å². The molecule has 0 amide bonds. The molecule has 0 fully saturated rings. The molecule has 98 valence electrons. The summed E-state index contributed by atoms with van der Waals surface area (Å²) >= 11 is 0. The zero-order chi connectivity index (χ0) is 13.7. The molecular formula is C12H14FNO4. The van der Waals surface area contributed by atoms with Crippen LogP contribution in [0.3, 0.4) is 0 Å². The summed E-state index contributed by atoms with van der Waals surface area (Å²) in [5.41, 5.74) is 6.00. The van der Waals surface area contributed by atoms with Gasteiger partial charge in [0.1, 0.15) is 12.4 Å². The largest absolute Gasteiger partial charge is 0.469 e. The number of ether oxygens (including phenoxy) is 2. The summed E-state index contributed by atoms with van der Waals surface area (Å²) < 4.78 is 22.5. The van der Waals surface area contributed by atoms with Crippen molar-refractivity contribution in [2.45, 2.75) is 13.3 Å². The number of nitrogens with two attached hydrogens (primary N) is 1. The SMILES string of the molecule is COC(=O)CCOC(=O)c1cc(N)c(C)c(F)c1. The highest BCUT2D eigenvalue weighted by atomic mass is 19.1. The van der Waals surface area contributed by atoms with Gasteiger partial charge in [-0.3, -0.25) is 4.79 Å². The van der Waals surface area contributed by atoms with E-state index in [-0.39, 0.29) is 29.8 Å². The average molecular weight is 255 g/mol. The second kappa shape index (κ2) is 6.00. The van der Waals surface area contributed by atoms with E-state index in [1.54, 1.807) is 0 Å². The third-order valence-corrected chi connectivity index (χ3v) is 2.39. The van der Waals surface area contributed by atoms with Crippen LogP contribution in [0.2, 0.25) is 0 Å². The van der Waals surface area contributed by atoms with Gasteiger partial charge in [-0.15, -0.1) is 0 Å². The number of nitrogen functional groups attached to an aromatic ring is 1. The number of methoxy groups -OCH3 is 1. The predicted molar refractivity (Wildman–Crippen MR) is 62.5 cm³/mol. The molecule has 0 atom stereocenters. The summed E-state index contributed by atoms with van der Waals surface area (Å²) in [5, 5.41) is 0. The van der Waals surface area contributed by atoms with Gasteiger partial charge in [0.05, 0.1) is 19.1 Å². The van der Waals surface area contributed by atoms with Crippen molar-refractivity contribution in [3.63, 3.8) is 0 Å². The minimum atomic E-state index is -0.732. The van der Waals surface area contributed by atoms with Crippen molar-refractivity contribution in [3.05, 3.63) is 29.1 Å². The Labute approximate surface area is 104 Å². The van der Waals surface area contributed by atoms with Crippen LogP contribution >= 0.6 is 0 Å². The molecule has 0 bridgehead atoms. The van der Waals surface area contributed by atoms with Gasteiger partial charge in [-0.05, 0) is 19.1 Å². The lowest BCUT2D eigenvalue weighted by atomic mass is 10.1. The van der Waals surface area contributed by atoms with Gasteiger partial charge in [0.2, 0.25) is 0 Å². The molecule has 0 unspecified atom stereocenters. The maximum atomic E-state index is 13.3. The second-order valence-corrected chi connectivity index (χ2v) is 3.63. The number of anilines is 1. The summed E-state index contributed by atoms with van der Waals surface area (Å²) in [6.07, 6.45) is -0.0495. The van der Waals surface area contributed by atoms with E-state index < -0.39 is 17.8 Å². The molecule has 0 spiro atoms. The minimum Gasteiger partial charge on any atom is -0.469 e. The van der Waals surface area contributed by atoms with Gasteiger partial charge in [0.25, 0.3) is 0 Å². The Morgan fingerprint density at radius 1 is 1.39 bits per heavy atom. The topological polar surface area (TPSA) is 78.6 Å². The van der Waals surface area contributed by atoms with Crippen molar-refractivity contribution in [1.82, 2.24) is 0 Å². The lowest BCUT2D eigenvalue weighted by Gasteiger charge is -2.07. The van der Waals surface area contributed by atoms with Crippen LogP contribution in [0.25, 0.3) is 0 Å². The third kappa shape index (κ3) is 3.44. The minimum absolute atomic E-state index is 0.0143. The Kier molecular flexibility index (Phi) is 4.65. The van der Waals surface area contributed by atoms with E-state index in [0.29, 0.717) is 0 Å². The molecular weight excluding hydrogens is 241 g/mol. The molecule has 0 saturated heterocycles. The van der Waals surface area contributed by atoms with Gasteiger partial charge < -0.3 is 15.2 Å². The fraction of sp³-hybridized carbons (Fsp3) is 0.333. The predicted octanol–water partition coefficient (Wildman–Crippen LogP) is 1.44. The van der Waals surface area contributed by atoms with Gasteiger partial charge in [0.15, 0.2) is 0 Å². The van der Waals surface area contributed by atoms with Crippen molar-refractivity contribution < 1.29 is 23.5 Å². The molecule has 1 aromatic carbocycles. The maximum absolute atomic E-state index is 13.3.